The van der Waals surface area contributed by atoms with Gasteiger partial charge in [0.2, 0.25) is 0 Å². The van der Waals surface area contributed by atoms with Crippen molar-refractivity contribution in [2.45, 2.75) is 45.7 Å². The molecule has 1 fully saturated rings. The van der Waals surface area contributed by atoms with Crippen molar-refractivity contribution in [1.82, 2.24) is 15.2 Å². The van der Waals surface area contributed by atoms with Gasteiger partial charge in [-0.3, -0.25) is 0 Å². The van der Waals surface area contributed by atoms with E-state index in [0.717, 1.165) is 12.2 Å². The molecular weight excluding hydrogens is 230 g/mol. The monoisotopic (exact) mass is 253 g/mol. The average Bonchev–Trinajstić information content (AvgIpc) is 2.75. The fraction of sp³-hybridized carbons (Fsp3) is 0.769. The highest BCUT2D eigenvalue weighted by molar-refractivity contribution is 7.09. The summed E-state index contributed by atoms with van der Waals surface area (Å²) in [6.07, 6.45) is 3.84. The van der Waals surface area contributed by atoms with Crippen LogP contribution in [0.3, 0.4) is 0 Å². The summed E-state index contributed by atoms with van der Waals surface area (Å²) in [5.74, 6) is 0. The number of aryl methyl sites for hydroxylation is 1. The van der Waals surface area contributed by atoms with Gasteiger partial charge in [0, 0.05) is 23.7 Å². The molecule has 0 aromatic carbocycles. The molecule has 2 rings (SSSR count). The average molecular weight is 253 g/mol. The van der Waals surface area contributed by atoms with Crippen LogP contribution in [0.4, 0.5) is 0 Å². The summed E-state index contributed by atoms with van der Waals surface area (Å²) in [6.45, 7) is 9.03. The molecule has 17 heavy (non-hydrogen) atoms. The number of thiazole rings is 1. The van der Waals surface area contributed by atoms with Crippen molar-refractivity contribution in [3.8, 4) is 0 Å². The van der Waals surface area contributed by atoms with Gasteiger partial charge in [-0.15, -0.1) is 11.3 Å². The lowest BCUT2D eigenvalue weighted by Crippen LogP contribution is -2.42. The number of nitrogens with zero attached hydrogens (tertiary/aromatic N) is 2. The third-order valence-electron chi connectivity index (χ3n) is 3.34. The lowest BCUT2D eigenvalue weighted by Gasteiger charge is -2.32. The van der Waals surface area contributed by atoms with Gasteiger partial charge in [-0.1, -0.05) is 6.92 Å². The van der Waals surface area contributed by atoms with E-state index in [-0.39, 0.29) is 0 Å². The highest BCUT2D eigenvalue weighted by atomic mass is 32.1. The van der Waals surface area contributed by atoms with Gasteiger partial charge >= 0.3 is 0 Å². The van der Waals surface area contributed by atoms with Crippen LogP contribution >= 0.6 is 11.3 Å². The number of piperidine rings is 1. The Kier molecular flexibility index (Phi) is 4.95. The van der Waals surface area contributed by atoms with Gasteiger partial charge in [0.1, 0.15) is 5.01 Å². The van der Waals surface area contributed by atoms with Gasteiger partial charge in [0.05, 0.1) is 0 Å². The van der Waals surface area contributed by atoms with Crippen molar-refractivity contribution in [3.63, 3.8) is 0 Å². The molecule has 0 spiro atoms. The third kappa shape index (κ3) is 4.05. The molecule has 0 saturated carbocycles. The van der Waals surface area contributed by atoms with Gasteiger partial charge in [-0.05, 0) is 45.8 Å². The molecule has 0 aliphatic carbocycles. The second kappa shape index (κ2) is 6.47. The molecule has 1 aromatic heterocycles. The fourth-order valence-electron chi connectivity index (χ4n) is 2.39. The van der Waals surface area contributed by atoms with E-state index in [1.165, 1.54) is 43.9 Å². The molecule has 1 N–H and O–H groups in total. The van der Waals surface area contributed by atoms with E-state index in [0.29, 0.717) is 6.04 Å². The van der Waals surface area contributed by atoms with E-state index >= 15 is 0 Å². The second-order valence-corrected chi connectivity index (χ2v) is 5.82. The highest BCUT2D eigenvalue weighted by Crippen LogP contribution is 2.13. The van der Waals surface area contributed by atoms with Crippen LogP contribution in [0.1, 0.15) is 36.9 Å². The number of hydrogen-bond donors (Lipinski definition) is 1. The maximum Gasteiger partial charge on any atom is 0.107 e. The Bertz CT molecular complexity index is 329. The predicted molar refractivity (Wildman–Crippen MR) is 73.4 cm³/mol. The molecule has 1 aliphatic rings. The molecule has 0 unspecified atom stereocenters. The molecule has 4 heteroatoms. The maximum absolute atomic E-state index is 4.49. The Morgan fingerprint density at radius 3 is 2.82 bits per heavy atom. The topological polar surface area (TPSA) is 28.2 Å². The molecule has 96 valence electrons. The van der Waals surface area contributed by atoms with Crippen LogP contribution in [0, 0.1) is 6.92 Å². The molecule has 0 bridgehead atoms. The number of nitrogens with one attached hydrogen (secondary N) is 1. The summed E-state index contributed by atoms with van der Waals surface area (Å²) in [7, 11) is 0. The largest absolute Gasteiger partial charge is 0.308 e. The first-order valence-corrected chi connectivity index (χ1v) is 7.52. The van der Waals surface area contributed by atoms with Crippen LogP contribution in [-0.2, 0) is 6.54 Å². The predicted octanol–water partition coefficient (Wildman–Crippen LogP) is 2.42. The Hall–Kier alpha value is -0.450. The zero-order valence-corrected chi connectivity index (χ0v) is 11.7. The van der Waals surface area contributed by atoms with E-state index in [4.69, 9.17) is 0 Å². The molecule has 0 amide bonds. The van der Waals surface area contributed by atoms with Crippen LogP contribution in [0.5, 0.6) is 0 Å². The van der Waals surface area contributed by atoms with Crippen LogP contribution < -0.4 is 5.32 Å². The molecule has 0 atom stereocenters. The van der Waals surface area contributed by atoms with Crippen molar-refractivity contribution in [2.75, 3.05) is 19.6 Å². The van der Waals surface area contributed by atoms with Gasteiger partial charge in [-0.2, -0.15) is 0 Å². The zero-order valence-electron chi connectivity index (χ0n) is 10.9. The van der Waals surface area contributed by atoms with Crippen molar-refractivity contribution in [2.24, 2.45) is 0 Å². The van der Waals surface area contributed by atoms with E-state index in [9.17, 15) is 0 Å². The zero-order chi connectivity index (χ0) is 12.1. The summed E-state index contributed by atoms with van der Waals surface area (Å²) in [5.41, 5.74) is 1.14. The number of hydrogen-bond acceptors (Lipinski definition) is 4. The summed E-state index contributed by atoms with van der Waals surface area (Å²) in [5, 5.41) is 6.98. The Balaban J connectivity index is 1.68. The summed E-state index contributed by atoms with van der Waals surface area (Å²) < 4.78 is 0. The molecule has 0 radical (unpaired) electrons. The number of aromatic nitrogens is 1. The molecular formula is C13H23N3S. The summed E-state index contributed by atoms with van der Waals surface area (Å²) in [6, 6.07) is 0.687. The maximum atomic E-state index is 4.49. The van der Waals surface area contributed by atoms with Crippen molar-refractivity contribution in [1.29, 1.82) is 0 Å². The standard InChI is InChI=1S/C13H23N3S/c1-3-6-16-7-4-12(5-8-16)14-9-13-15-11(2)10-17-13/h10,12,14H,3-9H2,1-2H3. The Labute approximate surface area is 108 Å². The second-order valence-electron chi connectivity index (χ2n) is 4.88. The lowest BCUT2D eigenvalue weighted by atomic mass is 10.1. The van der Waals surface area contributed by atoms with E-state index in [1.807, 2.05) is 0 Å². The first kappa shape index (κ1) is 13.0. The first-order valence-electron chi connectivity index (χ1n) is 6.64. The van der Waals surface area contributed by atoms with Gasteiger partial charge in [0.15, 0.2) is 0 Å². The minimum absolute atomic E-state index is 0.687. The molecule has 3 nitrogen and oxygen atoms in total. The van der Waals surface area contributed by atoms with E-state index in [1.54, 1.807) is 11.3 Å². The Morgan fingerprint density at radius 2 is 2.24 bits per heavy atom. The number of rotatable bonds is 5. The van der Waals surface area contributed by atoms with Gasteiger partial charge in [0.25, 0.3) is 0 Å². The van der Waals surface area contributed by atoms with Crippen LogP contribution in [0.2, 0.25) is 0 Å². The minimum atomic E-state index is 0.687. The number of likely N-dealkylation sites (tertiary alicyclic amines) is 1. The van der Waals surface area contributed by atoms with E-state index < -0.39 is 0 Å². The molecule has 1 aliphatic heterocycles. The highest BCUT2D eigenvalue weighted by Gasteiger charge is 2.18. The lowest BCUT2D eigenvalue weighted by molar-refractivity contribution is 0.197. The van der Waals surface area contributed by atoms with Crippen molar-refractivity contribution >= 4 is 11.3 Å². The Morgan fingerprint density at radius 1 is 1.47 bits per heavy atom. The normalized spacial score (nSPS) is 18.7. The minimum Gasteiger partial charge on any atom is -0.308 e. The molecule has 2 heterocycles. The third-order valence-corrected chi connectivity index (χ3v) is 4.30. The van der Waals surface area contributed by atoms with Crippen LogP contribution in [0.15, 0.2) is 5.38 Å². The smallest absolute Gasteiger partial charge is 0.107 e. The SMILES string of the molecule is CCCN1CCC(NCc2nc(C)cs2)CC1. The van der Waals surface area contributed by atoms with Crippen molar-refractivity contribution < 1.29 is 0 Å². The fourth-order valence-corrected chi connectivity index (χ4v) is 3.12. The van der Waals surface area contributed by atoms with E-state index in [2.05, 4.69) is 34.4 Å². The molecule has 1 saturated heterocycles. The van der Waals surface area contributed by atoms with Crippen LogP contribution in [-0.4, -0.2) is 35.6 Å². The summed E-state index contributed by atoms with van der Waals surface area (Å²) >= 11 is 1.76. The van der Waals surface area contributed by atoms with Crippen LogP contribution in [0.25, 0.3) is 0 Å². The first-order chi connectivity index (χ1) is 8.28. The van der Waals surface area contributed by atoms with Gasteiger partial charge in [-0.25, -0.2) is 4.98 Å². The van der Waals surface area contributed by atoms with Crippen molar-refractivity contribution in [3.05, 3.63) is 16.1 Å². The quantitative estimate of drug-likeness (QED) is 0.873. The van der Waals surface area contributed by atoms with Gasteiger partial charge < -0.3 is 10.2 Å². The summed E-state index contributed by atoms with van der Waals surface area (Å²) in [4.78, 5) is 7.06. The molecule has 1 aromatic rings.